The van der Waals surface area contributed by atoms with Crippen molar-refractivity contribution in [2.75, 3.05) is 27.3 Å². The maximum absolute atomic E-state index is 14.2. The highest BCUT2D eigenvalue weighted by Gasteiger charge is 2.56. The first kappa shape index (κ1) is 23.2. The normalized spacial score (nSPS) is 21.1. The number of ether oxygens (including phenoxy) is 2. The molecule has 2 aliphatic heterocycles. The minimum atomic E-state index is -1.13. The highest BCUT2D eigenvalue weighted by atomic mass is 16.5. The zero-order valence-electron chi connectivity index (χ0n) is 21.2. The summed E-state index contributed by atoms with van der Waals surface area (Å²) in [6, 6.07) is 23.7. The molecule has 0 saturated carbocycles. The molecule has 6 rings (SSSR count). The van der Waals surface area contributed by atoms with Crippen molar-refractivity contribution in [1.82, 2.24) is 14.8 Å². The lowest BCUT2D eigenvalue weighted by Gasteiger charge is -2.51. The molecule has 1 aromatic heterocycles. The van der Waals surface area contributed by atoms with Crippen molar-refractivity contribution < 1.29 is 19.1 Å². The molecule has 0 aliphatic carbocycles. The first-order chi connectivity index (χ1) is 17.9. The number of carbonyl (C=O) groups is 2. The molecule has 1 fully saturated rings. The summed E-state index contributed by atoms with van der Waals surface area (Å²) in [7, 11) is 3.27. The summed E-state index contributed by atoms with van der Waals surface area (Å²) >= 11 is 0. The fourth-order valence-corrected chi connectivity index (χ4v) is 5.89. The maximum Gasteiger partial charge on any atom is 0.255 e. The van der Waals surface area contributed by atoms with E-state index in [0.717, 1.165) is 44.8 Å². The predicted molar refractivity (Wildman–Crippen MR) is 141 cm³/mol. The number of para-hydroxylation sites is 1. The maximum atomic E-state index is 14.2. The fraction of sp³-hybridized carbons (Fsp3) is 0.267. The van der Waals surface area contributed by atoms with Gasteiger partial charge in [0.2, 0.25) is 5.91 Å². The summed E-state index contributed by atoms with van der Waals surface area (Å²) in [5.74, 6) is 1.32. The molecular formula is C30H29N3O4. The van der Waals surface area contributed by atoms with Gasteiger partial charge in [-0.15, -0.1) is 0 Å². The third-order valence-electron chi connectivity index (χ3n) is 7.87. The van der Waals surface area contributed by atoms with Gasteiger partial charge in [0, 0.05) is 29.9 Å². The molecular weight excluding hydrogens is 466 g/mol. The molecule has 188 valence electrons. The van der Waals surface area contributed by atoms with Crippen molar-refractivity contribution in [2.24, 2.45) is 0 Å². The fourth-order valence-electron chi connectivity index (χ4n) is 5.89. The Morgan fingerprint density at radius 1 is 0.919 bits per heavy atom. The van der Waals surface area contributed by atoms with Gasteiger partial charge in [-0.1, -0.05) is 42.5 Å². The van der Waals surface area contributed by atoms with E-state index in [1.165, 1.54) is 0 Å². The van der Waals surface area contributed by atoms with Gasteiger partial charge in [0.05, 0.1) is 19.9 Å². The highest BCUT2D eigenvalue weighted by Crippen LogP contribution is 2.48. The van der Waals surface area contributed by atoms with Crippen LogP contribution in [0.5, 0.6) is 11.5 Å². The SMILES string of the molecule is COc1ccc(CN2CC(=O)N3CC(c4ccc(OC)cc4)c4c([nH]c5ccccc45)[C@@]3(C)C2=O)cc1. The monoisotopic (exact) mass is 495 g/mol. The molecule has 0 bridgehead atoms. The minimum Gasteiger partial charge on any atom is -0.497 e. The molecule has 1 saturated heterocycles. The Morgan fingerprint density at radius 2 is 1.57 bits per heavy atom. The number of aromatic amines is 1. The van der Waals surface area contributed by atoms with E-state index in [4.69, 9.17) is 9.47 Å². The van der Waals surface area contributed by atoms with Gasteiger partial charge >= 0.3 is 0 Å². The molecule has 1 unspecified atom stereocenters. The van der Waals surface area contributed by atoms with Crippen LogP contribution in [0.25, 0.3) is 10.9 Å². The summed E-state index contributed by atoms with van der Waals surface area (Å²) < 4.78 is 10.6. The third kappa shape index (κ3) is 3.56. The van der Waals surface area contributed by atoms with E-state index < -0.39 is 5.54 Å². The average Bonchev–Trinajstić information content (AvgIpc) is 3.33. The highest BCUT2D eigenvalue weighted by molar-refractivity contribution is 6.01. The molecule has 3 aromatic carbocycles. The zero-order valence-corrected chi connectivity index (χ0v) is 21.2. The second kappa shape index (κ2) is 8.69. The van der Waals surface area contributed by atoms with Gasteiger partial charge in [-0.05, 0) is 53.9 Å². The van der Waals surface area contributed by atoms with Crippen LogP contribution >= 0.6 is 0 Å². The molecule has 7 nitrogen and oxygen atoms in total. The lowest BCUT2D eigenvalue weighted by atomic mass is 9.76. The molecule has 2 amide bonds. The van der Waals surface area contributed by atoms with Crippen molar-refractivity contribution >= 4 is 22.7 Å². The number of aromatic nitrogens is 1. The predicted octanol–water partition coefficient (Wildman–Crippen LogP) is 4.42. The summed E-state index contributed by atoms with van der Waals surface area (Å²) in [6.07, 6.45) is 0. The number of fused-ring (bicyclic) bond motifs is 5. The number of rotatable bonds is 5. The molecule has 1 N–H and O–H groups in total. The molecule has 0 radical (unpaired) electrons. The molecule has 3 heterocycles. The standard InChI is InChI=1S/C30H29N3O4/c1-30-28-27(23-6-4-5-7-25(23)31-28)24(20-10-14-22(37-3)15-11-20)17-33(30)26(34)18-32(29(30)35)16-19-8-12-21(36-2)13-9-19/h4-15,24,31H,16-18H2,1-3H3/t24?,30-/m0/s1. The number of benzene rings is 3. The van der Waals surface area contributed by atoms with Gasteiger partial charge in [0.15, 0.2) is 5.54 Å². The second-order valence-corrected chi connectivity index (χ2v) is 9.87. The number of nitrogens with zero attached hydrogens (tertiary/aromatic N) is 2. The number of hydrogen-bond donors (Lipinski definition) is 1. The zero-order chi connectivity index (χ0) is 25.7. The Kier molecular flexibility index (Phi) is 5.44. The number of piperazine rings is 1. The van der Waals surface area contributed by atoms with Crippen LogP contribution in [0.3, 0.4) is 0 Å². The lowest BCUT2D eigenvalue weighted by Crippen LogP contribution is -2.67. The summed E-state index contributed by atoms with van der Waals surface area (Å²) in [5.41, 5.74) is 3.73. The van der Waals surface area contributed by atoms with E-state index in [1.807, 2.05) is 73.7 Å². The van der Waals surface area contributed by atoms with Crippen LogP contribution in [-0.4, -0.2) is 53.9 Å². The summed E-state index contributed by atoms with van der Waals surface area (Å²) in [4.78, 5) is 34.8. The summed E-state index contributed by atoms with van der Waals surface area (Å²) in [5, 5.41) is 1.08. The van der Waals surface area contributed by atoms with Crippen LogP contribution in [0, 0.1) is 0 Å². The molecule has 7 heteroatoms. The van der Waals surface area contributed by atoms with Crippen molar-refractivity contribution in [3.63, 3.8) is 0 Å². The van der Waals surface area contributed by atoms with E-state index in [1.54, 1.807) is 24.0 Å². The van der Waals surface area contributed by atoms with Crippen molar-refractivity contribution in [3.8, 4) is 11.5 Å². The number of hydrogen-bond acceptors (Lipinski definition) is 4. The first-order valence-electron chi connectivity index (χ1n) is 12.4. The van der Waals surface area contributed by atoms with Gasteiger partial charge in [0.25, 0.3) is 5.91 Å². The molecule has 37 heavy (non-hydrogen) atoms. The topological polar surface area (TPSA) is 74.9 Å². The largest absolute Gasteiger partial charge is 0.497 e. The third-order valence-corrected chi connectivity index (χ3v) is 7.87. The van der Waals surface area contributed by atoms with Crippen LogP contribution in [0.1, 0.15) is 35.2 Å². The molecule has 2 atom stereocenters. The van der Waals surface area contributed by atoms with Crippen LogP contribution < -0.4 is 9.47 Å². The minimum absolute atomic E-state index is 0.0470. The quantitative estimate of drug-likeness (QED) is 0.445. The van der Waals surface area contributed by atoms with Crippen molar-refractivity contribution in [3.05, 3.63) is 95.2 Å². The second-order valence-electron chi connectivity index (χ2n) is 9.87. The van der Waals surface area contributed by atoms with E-state index in [2.05, 4.69) is 11.1 Å². The molecule has 0 spiro atoms. The Morgan fingerprint density at radius 3 is 2.24 bits per heavy atom. The number of carbonyl (C=O) groups excluding carboxylic acids is 2. The average molecular weight is 496 g/mol. The number of amides is 2. The van der Waals surface area contributed by atoms with E-state index >= 15 is 0 Å². The van der Waals surface area contributed by atoms with E-state index in [9.17, 15) is 9.59 Å². The van der Waals surface area contributed by atoms with Crippen LogP contribution in [0.2, 0.25) is 0 Å². The van der Waals surface area contributed by atoms with Crippen LogP contribution in [0.4, 0.5) is 0 Å². The first-order valence-corrected chi connectivity index (χ1v) is 12.4. The van der Waals surface area contributed by atoms with Crippen molar-refractivity contribution in [1.29, 1.82) is 0 Å². The molecule has 2 aliphatic rings. The Labute approximate surface area is 215 Å². The lowest BCUT2D eigenvalue weighted by molar-refractivity contribution is -0.166. The Bertz CT molecular complexity index is 1490. The van der Waals surface area contributed by atoms with Gasteiger partial charge in [0.1, 0.15) is 18.0 Å². The molecule has 4 aromatic rings. The van der Waals surface area contributed by atoms with E-state index in [0.29, 0.717) is 13.1 Å². The Hall–Kier alpha value is -4.26. The number of H-pyrrole nitrogens is 1. The van der Waals surface area contributed by atoms with E-state index in [-0.39, 0.29) is 24.3 Å². The summed E-state index contributed by atoms with van der Waals surface area (Å²) in [6.45, 7) is 2.71. The van der Waals surface area contributed by atoms with Gasteiger partial charge in [-0.3, -0.25) is 9.59 Å². The van der Waals surface area contributed by atoms with Crippen LogP contribution in [0.15, 0.2) is 72.8 Å². The van der Waals surface area contributed by atoms with Gasteiger partial charge in [-0.2, -0.15) is 0 Å². The van der Waals surface area contributed by atoms with Crippen LogP contribution in [-0.2, 0) is 21.7 Å². The van der Waals surface area contributed by atoms with Gasteiger partial charge < -0.3 is 24.3 Å². The van der Waals surface area contributed by atoms with Crippen molar-refractivity contribution in [2.45, 2.75) is 24.9 Å². The number of nitrogens with one attached hydrogen (secondary N) is 1. The smallest absolute Gasteiger partial charge is 0.255 e. The Balaban J connectivity index is 1.45. The number of methoxy groups -OCH3 is 2. The van der Waals surface area contributed by atoms with Gasteiger partial charge in [-0.25, -0.2) is 0 Å².